The zero-order valence-electron chi connectivity index (χ0n) is 11.1. The van der Waals surface area contributed by atoms with E-state index in [1.54, 1.807) is 19.2 Å². The Balaban J connectivity index is 2.01. The van der Waals surface area contributed by atoms with Crippen LogP contribution in [-0.4, -0.2) is 20.9 Å². The van der Waals surface area contributed by atoms with Gasteiger partial charge in [-0.15, -0.1) is 0 Å². The number of nitrogens with zero attached hydrogens (tertiary/aromatic N) is 2. The van der Waals surface area contributed by atoms with Gasteiger partial charge in [0.1, 0.15) is 5.82 Å². The molecule has 2 aromatic rings. The summed E-state index contributed by atoms with van der Waals surface area (Å²) < 4.78 is 15.4. The minimum Gasteiger partial charge on any atom is -0.478 e. The molecule has 1 aromatic carbocycles. The number of hydrogen-bond donors (Lipinski definition) is 1. The molecule has 1 aromatic heterocycles. The van der Waals surface area contributed by atoms with Gasteiger partial charge in [-0.1, -0.05) is 0 Å². The molecule has 0 amide bonds. The second-order valence-electron chi connectivity index (χ2n) is 5.35. The third kappa shape index (κ3) is 2.43. The van der Waals surface area contributed by atoms with E-state index >= 15 is 0 Å². The Labute approximate surface area is 115 Å². The number of carbonyl (C=O) groups is 1. The second-order valence-corrected chi connectivity index (χ2v) is 5.35. The van der Waals surface area contributed by atoms with Crippen molar-refractivity contribution in [1.29, 1.82) is 0 Å². The van der Waals surface area contributed by atoms with Gasteiger partial charge in [0.2, 0.25) is 0 Å². The maximum Gasteiger partial charge on any atom is 0.336 e. The molecule has 1 heterocycles. The van der Waals surface area contributed by atoms with Crippen LogP contribution in [0.3, 0.4) is 0 Å². The molecule has 0 radical (unpaired) electrons. The average Bonchev–Trinajstić information content (AvgIpc) is 3.08. The summed E-state index contributed by atoms with van der Waals surface area (Å²) >= 11 is 0. The number of hydrogen-bond acceptors (Lipinski definition) is 2. The standard InChI is InChI=1S/C15H15FN2O2/c1-9-4-12(13(15(19)20)5-14(9)16)11-6-17-18(8-11)7-10-2-3-10/h4-6,8,10H,2-3,7H2,1H3,(H,19,20). The lowest BCUT2D eigenvalue weighted by Gasteiger charge is -2.06. The zero-order valence-corrected chi connectivity index (χ0v) is 11.1. The Bertz CT molecular complexity index is 675. The normalized spacial score (nSPS) is 14.5. The highest BCUT2D eigenvalue weighted by molar-refractivity contribution is 5.96. The van der Waals surface area contributed by atoms with Gasteiger partial charge in [-0.25, -0.2) is 9.18 Å². The van der Waals surface area contributed by atoms with Crippen LogP contribution in [0, 0.1) is 18.7 Å². The molecule has 0 unspecified atom stereocenters. The van der Waals surface area contributed by atoms with Gasteiger partial charge in [-0.2, -0.15) is 5.10 Å². The monoisotopic (exact) mass is 274 g/mol. The van der Waals surface area contributed by atoms with Crippen LogP contribution in [0.2, 0.25) is 0 Å². The predicted octanol–water partition coefficient (Wildman–Crippen LogP) is 3.11. The summed E-state index contributed by atoms with van der Waals surface area (Å²) in [5.74, 6) is -0.943. The van der Waals surface area contributed by atoms with E-state index in [0.717, 1.165) is 12.6 Å². The molecule has 5 heteroatoms. The topological polar surface area (TPSA) is 55.1 Å². The number of carboxylic acid groups (broad SMARTS) is 1. The van der Waals surface area contributed by atoms with Gasteiger partial charge in [-0.3, -0.25) is 4.68 Å². The molecule has 1 saturated carbocycles. The first-order valence-corrected chi connectivity index (χ1v) is 6.61. The number of aromatic nitrogens is 2. The molecule has 1 aliphatic carbocycles. The van der Waals surface area contributed by atoms with Crippen molar-refractivity contribution in [2.45, 2.75) is 26.3 Å². The van der Waals surface area contributed by atoms with Gasteiger partial charge < -0.3 is 5.11 Å². The van der Waals surface area contributed by atoms with Crippen molar-refractivity contribution in [3.05, 3.63) is 41.5 Å². The molecule has 0 aliphatic heterocycles. The Hall–Kier alpha value is -2.17. The number of carboxylic acids is 1. The van der Waals surface area contributed by atoms with E-state index in [1.807, 2.05) is 10.9 Å². The van der Waals surface area contributed by atoms with E-state index in [0.29, 0.717) is 22.6 Å². The molecule has 4 nitrogen and oxygen atoms in total. The molecule has 1 aliphatic rings. The van der Waals surface area contributed by atoms with Gasteiger partial charge in [0.15, 0.2) is 0 Å². The third-order valence-corrected chi connectivity index (χ3v) is 3.62. The van der Waals surface area contributed by atoms with Crippen LogP contribution in [-0.2, 0) is 6.54 Å². The molecule has 1 fully saturated rings. The van der Waals surface area contributed by atoms with Crippen molar-refractivity contribution >= 4 is 5.97 Å². The summed E-state index contributed by atoms with van der Waals surface area (Å²) in [6.45, 7) is 2.49. The molecular weight excluding hydrogens is 259 g/mol. The van der Waals surface area contributed by atoms with Gasteiger partial charge in [-0.05, 0) is 48.9 Å². The van der Waals surface area contributed by atoms with E-state index in [9.17, 15) is 14.3 Å². The minimum absolute atomic E-state index is 0.0286. The molecule has 0 spiro atoms. The highest BCUT2D eigenvalue weighted by Gasteiger charge is 2.22. The summed E-state index contributed by atoms with van der Waals surface area (Å²) in [5.41, 5.74) is 1.63. The van der Waals surface area contributed by atoms with Crippen LogP contribution in [0.4, 0.5) is 4.39 Å². The van der Waals surface area contributed by atoms with Crippen molar-refractivity contribution < 1.29 is 14.3 Å². The van der Waals surface area contributed by atoms with E-state index in [1.165, 1.54) is 12.8 Å². The molecule has 20 heavy (non-hydrogen) atoms. The quantitative estimate of drug-likeness (QED) is 0.932. The molecular formula is C15H15FN2O2. The van der Waals surface area contributed by atoms with Crippen molar-refractivity contribution in [3.63, 3.8) is 0 Å². The summed E-state index contributed by atoms with van der Waals surface area (Å²) in [5, 5.41) is 13.5. The summed E-state index contributed by atoms with van der Waals surface area (Å²) in [6.07, 6.45) is 5.93. The van der Waals surface area contributed by atoms with E-state index in [-0.39, 0.29) is 5.56 Å². The highest BCUT2D eigenvalue weighted by atomic mass is 19.1. The first-order chi connectivity index (χ1) is 9.54. The number of aromatic carboxylic acids is 1. The van der Waals surface area contributed by atoms with Gasteiger partial charge >= 0.3 is 5.97 Å². The number of rotatable bonds is 4. The number of benzene rings is 1. The first kappa shape index (κ1) is 12.8. The van der Waals surface area contributed by atoms with Crippen molar-refractivity contribution in [2.24, 2.45) is 5.92 Å². The van der Waals surface area contributed by atoms with Crippen LogP contribution in [0.5, 0.6) is 0 Å². The van der Waals surface area contributed by atoms with Gasteiger partial charge in [0.05, 0.1) is 11.8 Å². The highest BCUT2D eigenvalue weighted by Crippen LogP contribution is 2.31. The zero-order chi connectivity index (χ0) is 14.3. The third-order valence-electron chi connectivity index (χ3n) is 3.62. The smallest absolute Gasteiger partial charge is 0.336 e. The van der Waals surface area contributed by atoms with Crippen molar-refractivity contribution in [2.75, 3.05) is 0 Å². The van der Waals surface area contributed by atoms with Crippen LogP contribution in [0.1, 0.15) is 28.8 Å². The SMILES string of the molecule is Cc1cc(-c2cnn(CC3CC3)c2)c(C(=O)O)cc1F. The lowest BCUT2D eigenvalue weighted by molar-refractivity contribution is 0.0697. The molecule has 104 valence electrons. The minimum atomic E-state index is -1.13. The number of aryl methyl sites for hydroxylation is 1. The molecule has 0 saturated heterocycles. The Kier molecular flexibility index (Phi) is 3.04. The lowest BCUT2D eigenvalue weighted by Crippen LogP contribution is -2.02. The fourth-order valence-electron chi connectivity index (χ4n) is 2.26. The molecule has 0 bridgehead atoms. The Morgan fingerprint density at radius 1 is 1.50 bits per heavy atom. The van der Waals surface area contributed by atoms with Gasteiger partial charge in [0, 0.05) is 18.3 Å². The van der Waals surface area contributed by atoms with Crippen molar-refractivity contribution in [3.8, 4) is 11.1 Å². The predicted molar refractivity (Wildman–Crippen MR) is 72.0 cm³/mol. The first-order valence-electron chi connectivity index (χ1n) is 6.61. The van der Waals surface area contributed by atoms with Crippen LogP contribution < -0.4 is 0 Å². The fraction of sp³-hybridized carbons (Fsp3) is 0.333. The van der Waals surface area contributed by atoms with Crippen LogP contribution in [0.25, 0.3) is 11.1 Å². The average molecular weight is 274 g/mol. The summed E-state index contributed by atoms with van der Waals surface area (Å²) in [6, 6.07) is 2.64. The van der Waals surface area contributed by atoms with Crippen LogP contribution in [0.15, 0.2) is 24.5 Å². The second kappa shape index (κ2) is 4.74. The van der Waals surface area contributed by atoms with E-state index in [4.69, 9.17) is 0 Å². The Morgan fingerprint density at radius 3 is 2.90 bits per heavy atom. The Morgan fingerprint density at radius 2 is 2.25 bits per heavy atom. The van der Waals surface area contributed by atoms with Gasteiger partial charge in [0.25, 0.3) is 0 Å². The summed E-state index contributed by atoms with van der Waals surface area (Å²) in [4.78, 5) is 11.3. The van der Waals surface area contributed by atoms with E-state index < -0.39 is 11.8 Å². The maximum absolute atomic E-state index is 13.5. The molecule has 3 rings (SSSR count). The fourth-order valence-corrected chi connectivity index (χ4v) is 2.26. The van der Waals surface area contributed by atoms with Crippen LogP contribution >= 0.6 is 0 Å². The largest absolute Gasteiger partial charge is 0.478 e. The molecule has 0 atom stereocenters. The lowest BCUT2D eigenvalue weighted by atomic mass is 9.99. The maximum atomic E-state index is 13.5. The number of halogens is 1. The van der Waals surface area contributed by atoms with E-state index in [2.05, 4.69) is 5.10 Å². The van der Waals surface area contributed by atoms with Crippen molar-refractivity contribution in [1.82, 2.24) is 9.78 Å². The molecule has 1 N–H and O–H groups in total. The summed E-state index contributed by atoms with van der Waals surface area (Å²) in [7, 11) is 0.